The van der Waals surface area contributed by atoms with Gasteiger partial charge < -0.3 is 15.2 Å². The molecule has 0 bridgehead atoms. The number of morpholine rings is 1. The van der Waals surface area contributed by atoms with Gasteiger partial charge in [-0.2, -0.15) is 4.31 Å². The van der Waals surface area contributed by atoms with Crippen LogP contribution in [0.15, 0.2) is 29.2 Å². The van der Waals surface area contributed by atoms with Gasteiger partial charge >= 0.3 is 6.36 Å². The summed E-state index contributed by atoms with van der Waals surface area (Å²) in [6.45, 7) is -0.598. The monoisotopic (exact) mass is 354 g/mol. The molecule has 0 unspecified atom stereocenters. The quantitative estimate of drug-likeness (QED) is 0.847. The van der Waals surface area contributed by atoms with Gasteiger partial charge in [0.15, 0.2) is 0 Å². The summed E-state index contributed by atoms with van der Waals surface area (Å²) < 4.78 is 71.9. The zero-order chi connectivity index (χ0) is 17.3. The van der Waals surface area contributed by atoms with Gasteiger partial charge in [0.2, 0.25) is 15.9 Å². The first-order valence-electron chi connectivity index (χ1n) is 6.37. The van der Waals surface area contributed by atoms with Gasteiger partial charge in [-0.25, -0.2) is 8.42 Å². The second-order valence-electron chi connectivity index (χ2n) is 4.62. The number of benzene rings is 1. The Hall–Kier alpha value is -1.85. The van der Waals surface area contributed by atoms with Crippen LogP contribution in [0.3, 0.4) is 0 Å². The van der Waals surface area contributed by atoms with E-state index in [0.717, 1.165) is 16.4 Å². The van der Waals surface area contributed by atoms with Gasteiger partial charge in [0.05, 0.1) is 6.61 Å². The van der Waals surface area contributed by atoms with Crippen molar-refractivity contribution in [3.8, 4) is 5.75 Å². The number of primary amides is 1. The second-order valence-corrected chi connectivity index (χ2v) is 6.53. The summed E-state index contributed by atoms with van der Waals surface area (Å²) in [7, 11) is -4.31. The summed E-state index contributed by atoms with van der Waals surface area (Å²) in [6.07, 6.45) is -6.19. The molecule has 0 saturated carbocycles. The molecule has 1 saturated heterocycles. The van der Waals surface area contributed by atoms with Crippen molar-refractivity contribution in [3.05, 3.63) is 24.3 Å². The van der Waals surface area contributed by atoms with Crippen molar-refractivity contribution in [2.24, 2.45) is 5.73 Å². The van der Waals surface area contributed by atoms with Crippen LogP contribution >= 0.6 is 0 Å². The molecule has 1 fully saturated rings. The molecule has 1 amide bonds. The standard InChI is InChI=1S/C12H13F3N2O5S/c13-12(14,15)22-8-3-1-2-4-10(8)23(19,20)17-5-6-21-9(7-17)11(16)18/h1-4,9H,5-7H2,(H2,16,18)/t9-/m1/s1. The van der Waals surface area contributed by atoms with Crippen molar-refractivity contribution in [2.45, 2.75) is 17.4 Å². The number of halogens is 3. The smallest absolute Gasteiger partial charge is 0.404 e. The molecule has 0 aliphatic carbocycles. The summed E-state index contributed by atoms with van der Waals surface area (Å²) in [5.74, 6) is -1.70. The van der Waals surface area contributed by atoms with E-state index in [2.05, 4.69) is 4.74 Å². The lowest BCUT2D eigenvalue weighted by Gasteiger charge is -2.30. The van der Waals surface area contributed by atoms with Gasteiger partial charge in [0.25, 0.3) is 0 Å². The predicted octanol–water partition coefficient (Wildman–Crippen LogP) is 0.460. The first-order valence-corrected chi connectivity index (χ1v) is 7.81. The summed E-state index contributed by atoms with van der Waals surface area (Å²) in [4.78, 5) is 10.5. The Kier molecular flexibility index (Phi) is 4.82. The molecular formula is C12H13F3N2O5S. The minimum Gasteiger partial charge on any atom is -0.404 e. The van der Waals surface area contributed by atoms with Crippen LogP contribution in [0.25, 0.3) is 0 Å². The molecule has 1 atom stereocenters. The highest BCUT2D eigenvalue weighted by Gasteiger charge is 2.38. The molecule has 11 heteroatoms. The highest BCUT2D eigenvalue weighted by atomic mass is 32.2. The Morgan fingerprint density at radius 1 is 1.35 bits per heavy atom. The minimum atomic E-state index is -5.04. The Bertz CT molecular complexity index is 692. The Morgan fingerprint density at radius 2 is 2.00 bits per heavy atom. The maximum atomic E-state index is 12.5. The van der Waals surface area contributed by atoms with Crippen LogP contribution in [0.2, 0.25) is 0 Å². The molecule has 0 spiro atoms. The predicted molar refractivity (Wildman–Crippen MR) is 70.8 cm³/mol. The SMILES string of the molecule is NC(=O)[C@H]1CN(S(=O)(=O)c2ccccc2OC(F)(F)F)CCO1. The fourth-order valence-corrected chi connectivity index (χ4v) is 3.57. The second kappa shape index (κ2) is 6.34. The molecule has 1 aliphatic heterocycles. The van der Waals surface area contributed by atoms with Gasteiger partial charge in [0, 0.05) is 13.1 Å². The molecule has 128 valence electrons. The van der Waals surface area contributed by atoms with Gasteiger partial charge in [0.1, 0.15) is 16.7 Å². The van der Waals surface area contributed by atoms with E-state index < -0.39 is 39.0 Å². The molecule has 0 radical (unpaired) electrons. The van der Waals surface area contributed by atoms with E-state index in [9.17, 15) is 26.4 Å². The number of nitrogens with two attached hydrogens (primary N) is 1. The van der Waals surface area contributed by atoms with E-state index in [-0.39, 0.29) is 19.7 Å². The number of carbonyl (C=O) groups is 1. The first-order chi connectivity index (χ1) is 10.6. The van der Waals surface area contributed by atoms with Crippen molar-refractivity contribution < 1.29 is 35.9 Å². The summed E-state index contributed by atoms with van der Waals surface area (Å²) in [5.41, 5.74) is 5.07. The molecule has 7 nitrogen and oxygen atoms in total. The van der Waals surface area contributed by atoms with Crippen LogP contribution in [0.4, 0.5) is 13.2 Å². The molecule has 2 N–H and O–H groups in total. The number of para-hydroxylation sites is 1. The average Bonchev–Trinajstić information content (AvgIpc) is 2.46. The molecular weight excluding hydrogens is 341 g/mol. The maximum absolute atomic E-state index is 12.5. The number of amides is 1. The molecule has 1 heterocycles. The largest absolute Gasteiger partial charge is 0.573 e. The third kappa shape index (κ3) is 4.12. The fraction of sp³-hybridized carbons (Fsp3) is 0.417. The van der Waals surface area contributed by atoms with Crippen LogP contribution < -0.4 is 10.5 Å². The number of rotatable bonds is 4. The van der Waals surface area contributed by atoms with E-state index in [4.69, 9.17) is 10.5 Å². The normalized spacial score (nSPS) is 20.2. The van der Waals surface area contributed by atoms with Crippen LogP contribution in [-0.2, 0) is 19.6 Å². The van der Waals surface area contributed by atoms with E-state index in [1.807, 2.05) is 0 Å². The lowest BCUT2D eigenvalue weighted by Crippen LogP contribution is -2.50. The number of hydrogen-bond donors (Lipinski definition) is 1. The Morgan fingerprint density at radius 3 is 2.61 bits per heavy atom. The third-order valence-corrected chi connectivity index (χ3v) is 4.94. The average molecular weight is 354 g/mol. The number of hydrogen-bond acceptors (Lipinski definition) is 5. The van der Waals surface area contributed by atoms with Crippen LogP contribution in [0.5, 0.6) is 5.75 Å². The fourth-order valence-electron chi connectivity index (χ4n) is 2.03. The molecule has 23 heavy (non-hydrogen) atoms. The number of sulfonamides is 1. The van der Waals surface area contributed by atoms with Gasteiger partial charge in [-0.15, -0.1) is 13.2 Å². The number of alkyl halides is 3. The van der Waals surface area contributed by atoms with E-state index >= 15 is 0 Å². The van der Waals surface area contributed by atoms with Gasteiger partial charge in [-0.05, 0) is 12.1 Å². The molecule has 1 aromatic rings. The number of nitrogens with zero attached hydrogens (tertiary/aromatic N) is 1. The Balaban J connectivity index is 2.35. The molecule has 1 aromatic carbocycles. The lowest BCUT2D eigenvalue weighted by atomic mass is 10.3. The van der Waals surface area contributed by atoms with Crippen LogP contribution in [-0.4, -0.2) is 50.8 Å². The zero-order valence-electron chi connectivity index (χ0n) is 11.6. The summed E-state index contributed by atoms with van der Waals surface area (Å²) in [6, 6.07) is 4.37. The van der Waals surface area contributed by atoms with Crippen molar-refractivity contribution in [2.75, 3.05) is 19.7 Å². The van der Waals surface area contributed by atoms with Crippen LogP contribution in [0, 0.1) is 0 Å². The highest BCUT2D eigenvalue weighted by Crippen LogP contribution is 2.31. The number of carbonyl (C=O) groups excluding carboxylic acids is 1. The molecule has 1 aliphatic rings. The van der Waals surface area contributed by atoms with Crippen molar-refractivity contribution in [1.82, 2.24) is 4.31 Å². The maximum Gasteiger partial charge on any atom is 0.573 e. The van der Waals surface area contributed by atoms with E-state index in [0.29, 0.717) is 0 Å². The Labute approximate surface area is 129 Å². The number of ether oxygens (including phenoxy) is 2. The van der Waals surface area contributed by atoms with E-state index in [1.54, 1.807) is 0 Å². The van der Waals surface area contributed by atoms with Crippen LogP contribution in [0.1, 0.15) is 0 Å². The highest BCUT2D eigenvalue weighted by molar-refractivity contribution is 7.89. The zero-order valence-corrected chi connectivity index (χ0v) is 12.4. The van der Waals surface area contributed by atoms with Crippen molar-refractivity contribution in [3.63, 3.8) is 0 Å². The van der Waals surface area contributed by atoms with E-state index in [1.165, 1.54) is 12.1 Å². The summed E-state index contributed by atoms with van der Waals surface area (Å²) in [5, 5.41) is 0. The van der Waals surface area contributed by atoms with Gasteiger partial charge in [-0.3, -0.25) is 4.79 Å². The van der Waals surface area contributed by atoms with Gasteiger partial charge in [-0.1, -0.05) is 12.1 Å². The minimum absolute atomic E-state index is 0.102. The first kappa shape index (κ1) is 17.5. The molecule has 2 rings (SSSR count). The third-order valence-electron chi connectivity index (χ3n) is 3.04. The van der Waals surface area contributed by atoms with Crippen molar-refractivity contribution in [1.29, 1.82) is 0 Å². The lowest BCUT2D eigenvalue weighted by molar-refractivity contribution is -0.275. The topological polar surface area (TPSA) is 98.9 Å². The van der Waals surface area contributed by atoms with Crippen molar-refractivity contribution >= 4 is 15.9 Å². The summed E-state index contributed by atoms with van der Waals surface area (Å²) >= 11 is 0. The molecule has 0 aromatic heterocycles.